The van der Waals surface area contributed by atoms with E-state index in [0.29, 0.717) is 17.9 Å². The van der Waals surface area contributed by atoms with Crippen LogP contribution in [0.15, 0.2) is 36.7 Å². The van der Waals surface area contributed by atoms with E-state index in [1.165, 1.54) is 12.0 Å². The highest BCUT2D eigenvalue weighted by Gasteiger charge is 2.43. The van der Waals surface area contributed by atoms with Crippen LogP contribution in [0.5, 0.6) is 0 Å². The molecule has 1 heterocycles. The maximum Gasteiger partial charge on any atom is 0.138 e. The van der Waals surface area contributed by atoms with Gasteiger partial charge in [-0.3, -0.25) is 4.68 Å². The Morgan fingerprint density at radius 2 is 2.10 bits per heavy atom. The fourth-order valence-corrected chi connectivity index (χ4v) is 3.29. The Hall–Kier alpha value is -1.68. The number of nitrogens with one attached hydrogen (secondary N) is 1. The number of aryl methyl sites for hydroxylation is 1. The molecule has 1 aromatic carbocycles. The van der Waals surface area contributed by atoms with Crippen molar-refractivity contribution in [1.29, 1.82) is 0 Å². The van der Waals surface area contributed by atoms with Crippen molar-refractivity contribution in [3.63, 3.8) is 0 Å². The molecule has 21 heavy (non-hydrogen) atoms. The van der Waals surface area contributed by atoms with E-state index in [1.54, 1.807) is 6.33 Å². The highest BCUT2D eigenvalue weighted by atomic mass is 15.3. The zero-order valence-electron chi connectivity index (χ0n) is 12.9. The molecule has 1 fully saturated rings. The van der Waals surface area contributed by atoms with Crippen LogP contribution in [-0.4, -0.2) is 27.4 Å². The van der Waals surface area contributed by atoms with E-state index in [9.17, 15) is 0 Å². The third kappa shape index (κ3) is 3.16. The lowest BCUT2D eigenvalue weighted by atomic mass is 10.0. The maximum atomic E-state index is 4.43. The first-order chi connectivity index (χ1) is 10.3. The Labute approximate surface area is 126 Å². The molecular formula is C17H24N4. The number of nitrogens with zero attached hydrogens (tertiary/aromatic N) is 3. The van der Waals surface area contributed by atoms with Crippen molar-refractivity contribution in [3.8, 4) is 0 Å². The molecule has 3 rings (SSSR count). The first kappa shape index (κ1) is 14.3. The van der Waals surface area contributed by atoms with Crippen molar-refractivity contribution in [1.82, 2.24) is 20.1 Å². The lowest BCUT2D eigenvalue weighted by Crippen LogP contribution is -2.34. The molecule has 0 bridgehead atoms. The van der Waals surface area contributed by atoms with Crippen LogP contribution in [0.1, 0.15) is 37.6 Å². The quantitative estimate of drug-likeness (QED) is 0.850. The Bertz CT molecular complexity index is 563. The first-order valence-corrected chi connectivity index (χ1v) is 7.98. The number of hydrogen-bond donors (Lipinski definition) is 1. The molecular weight excluding hydrogens is 260 g/mol. The normalized spacial score (nSPS) is 22.2. The minimum absolute atomic E-state index is 0.495. The van der Waals surface area contributed by atoms with Crippen LogP contribution in [0.2, 0.25) is 0 Å². The van der Waals surface area contributed by atoms with Gasteiger partial charge >= 0.3 is 0 Å². The fourth-order valence-electron chi connectivity index (χ4n) is 3.29. The average Bonchev–Trinajstić information content (AvgIpc) is 3.20. The number of rotatable bonds is 7. The molecule has 1 aromatic heterocycles. The third-order valence-electron chi connectivity index (χ3n) is 4.45. The van der Waals surface area contributed by atoms with Crippen molar-refractivity contribution in [2.45, 2.75) is 45.2 Å². The van der Waals surface area contributed by atoms with Crippen molar-refractivity contribution >= 4 is 0 Å². The van der Waals surface area contributed by atoms with Crippen molar-refractivity contribution in [2.75, 3.05) is 6.54 Å². The van der Waals surface area contributed by atoms with Crippen LogP contribution in [0.3, 0.4) is 0 Å². The molecule has 1 saturated carbocycles. The lowest BCUT2D eigenvalue weighted by molar-refractivity contribution is 0.443. The molecule has 112 valence electrons. The van der Waals surface area contributed by atoms with E-state index in [2.05, 4.69) is 59.6 Å². The Morgan fingerprint density at radius 1 is 1.29 bits per heavy atom. The topological polar surface area (TPSA) is 42.7 Å². The molecule has 4 nitrogen and oxygen atoms in total. The number of hydrogen-bond acceptors (Lipinski definition) is 3. The SMILES string of the molecule is CCNC(Cc1ncnn1CC)C1CC1c1ccccc1. The van der Waals surface area contributed by atoms with Gasteiger partial charge in [0.15, 0.2) is 0 Å². The molecule has 0 radical (unpaired) electrons. The average molecular weight is 284 g/mol. The summed E-state index contributed by atoms with van der Waals surface area (Å²) < 4.78 is 2.00. The van der Waals surface area contributed by atoms with Gasteiger partial charge in [0.2, 0.25) is 0 Å². The molecule has 3 atom stereocenters. The standard InChI is InChI=1S/C17H24N4/c1-3-18-16(11-17-19-12-20-21(17)4-2)15-10-14(15)13-8-6-5-7-9-13/h5-9,12,14-16,18H,3-4,10-11H2,1-2H3. The number of benzene rings is 1. The number of likely N-dealkylation sites (N-methyl/N-ethyl adjacent to an activating group) is 1. The summed E-state index contributed by atoms with van der Waals surface area (Å²) in [7, 11) is 0. The molecule has 1 aliphatic carbocycles. The van der Waals surface area contributed by atoms with E-state index in [-0.39, 0.29) is 0 Å². The van der Waals surface area contributed by atoms with Gasteiger partial charge in [-0.05, 0) is 37.3 Å². The second-order valence-corrected chi connectivity index (χ2v) is 5.78. The van der Waals surface area contributed by atoms with E-state index >= 15 is 0 Å². The highest BCUT2D eigenvalue weighted by molar-refractivity contribution is 5.27. The predicted octanol–water partition coefficient (Wildman–Crippen LogP) is 2.62. The van der Waals surface area contributed by atoms with E-state index in [1.807, 2.05) is 4.68 Å². The second kappa shape index (κ2) is 6.39. The van der Waals surface area contributed by atoms with Gasteiger partial charge in [-0.1, -0.05) is 37.3 Å². The first-order valence-electron chi connectivity index (χ1n) is 7.98. The van der Waals surface area contributed by atoms with E-state index in [0.717, 1.165) is 25.3 Å². The Balaban J connectivity index is 1.69. The minimum atomic E-state index is 0.495. The van der Waals surface area contributed by atoms with E-state index in [4.69, 9.17) is 0 Å². The molecule has 0 amide bonds. The summed E-state index contributed by atoms with van der Waals surface area (Å²) in [6.45, 7) is 6.19. The van der Waals surface area contributed by atoms with Crippen LogP contribution in [0.25, 0.3) is 0 Å². The summed E-state index contributed by atoms with van der Waals surface area (Å²) in [5, 5.41) is 7.94. The van der Waals surface area contributed by atoms with Crippen molar-refractivity contribution < 1.29 is 0 Å². The van der Waals surface area contributed by atoms with Gasteiger partial charge in [0.05, 0.1) is 0 Å². The molecule has 3 unspecified atom stereocenters. The second-order valence-electron chi connectivity index (χ2n) is 5.78. The minimum Gasteiger partial charge on any atom is -0.314 e. The van der Waals surface area contributed by atoms with Crippen LogP contribution < -0.4 is 5.32 Å². The summed E-state index contributed by atoms with van der Waals surface area (Å²) in [6.07, 6.45) is 3.92. The Kier molecular flexibility index (Phi) is 4.34. The summed E-state index contributed by atoms with van der Waals surface area (Å²) in [5.41, 5.74) is 1.47. The molecule has 0 saturated heterocycles. The fraction of sp³-hybridized carbons (Fsp3) is 0.529. The molecule has 4 heteroatoms. The van der Waals surface area contributed by atoms with E-state index < -0.39 is 0 Å². The van der Waals surface area contributed by atoms with Gasteiger partial charge in [0, 0.05) is 19.0 Å². The summed E-state index contributed by atoms with van der Waals surface area (Å²) >= 11 is 0. The van der Waals surface area contributed by atoms with Crippen LogP contribution in [-0.2, 0) is 13.0 Å². The molecule has 0 aliphatic heterocycles. The molecule has 1 aliphatic rings. The summed E-state index contributed by atoms with van der Waals surface area (Å²) in [5.74, 6) is 2.52. The van der Waals surface area contributed by atoms with Crippen molar-refractivity contribution in [3.05, 3.63) is 48.0 Å². The predicted molar refractivity (Wildman–Crippen MR) is 84.2 cm³/mol. The number of aromatic nitrogens is 3. The zero-order valence-corrected chi connectivity index (χ0v) is 12.9. The largest absolute Gasteiger partial charge is 0.314 e. The lowest BCUT2D eigenvalue weighted by Gasteiger charge is -2.18. The smallest absolute Gasteiger partial charge is 0.138 e. The summed E-state index contributed by atoms with van der Waals surface area (Å²) in [6, 6.07) is 11.4. The van der Waals surface area contributed by atoms with Gasteiger partial charge in [0.25, 0.3) is 0 Å². The van der Waals surface area contributed by atoms with Gasteiger partial charge in [-0.25, -0.2) is 4.98 Å². The van der Waals surface area contributed by atoms with Gasteiger partial charge in [-0.2, -0.15) is 5.10 Å². The van der Waals surface area contributed by atoms with Crippen molar-refractivity contribution in [2.24, 2.45) is 5.92 Å². The van der Waals surface area contributed by atoms with Crippen LogP contribution >= 0.6 is 0 Å². The zero-order chi connectivity index (χ0) is 14.7. The molecule has 1 N–H and O–H groups in total. The van der Waals surface area contributed by atoms with Gasteiger partial charge < -0.3 is 5.32 Å². The van der Waals surface area contributed by atoms with Crippen LogP contribution in [0, 0.1) is 5.92 Å². The monoisotopic (exact) mass is 284 g/mol. The van der Waals surface area contributed by atoms with Gasteiger partial charge in [0.1, 0.15) is 12.2 Å². The highest BCUT2D eigenvalue weighted by Crippen LogP contribution is 2.49. The van der Waals surface area contributed by atoms with Gasteiger partial charge in [-0.15, -0.1) is 0 Å². The molecule has 2 aromatic rings. The molecule has 0 spiro atoms. The van der Waals surface area contributed by atoms with Crippen LogP contribution in [0.4, 0.5) is 0 Å². The summed E-state index contributed by atoms with van der Waals surface area (Å²) in [4.78, 5) is 4.43. The third-order valence-corrected chi connectivity index (χ3v) is 4.45. The Morgan fingerprint density at radius 3 is 2.81 bits per heavy atom. The maximum absolute atomic E-state index is 4.43.